The second-order valence-corrected chi connectivity index (χ2v) is 6.27. The van der Waals surface area contributed by atoms with Crippen LogP contribution >= 0.6 is 0 Å². The lowest BCUT2D eigenvalue weighted by Crippen LogP contribution is -1.96. The van der Waals surface area contributed by atoms with Crippen molar-refractivity contribution in [2.45, 2.75) is 46.5 Å². The predicted molar refractivity (Wildman–Crippen MR) is 101 cm³/mol. The van der Waals surface area contributed by atoms with Crippen molar-refractivity contribution in [2.24, 2.45) is 0 Å². The summed E-state index contributed by atoms with van der Waals surface area (Å²) in [4.78, 5) is 0. The molecule has 0 unspecified atom stereocenters. The molecule has 0 N–H and O–H groups in total. The van der Waals surface area contributed by atoms with E-state index in [-0.39, 0.29) is 0 Å². The van der Waals surface area contributed by atoms with Gasteiger partial charge >= 0.3 is 0 Å². The average Bonchev–Trinajstić information content (AvgIpc) is 2.62. The van der Waals surface area contributed by atoms with E-state index in [1.807, 2.05) is 0 Å². The van der Waals surface area contributed by atoms with Crippen LogP contribution in [-0.4, -0.2) is 0 Å². The number of aryl methyl sites for hydroxylation is 3. The Morgan fingerprint density at radius 2 is 1.13 bits per heavy atom. The first-order chi connectivity index (χ1) is 11.3. The van der Waals surface area contributed by atoms with E-state index >= 15 is 0 Å². The molecular formula is C23H26. The van der Waals surface area contributed by atoms with E-state index in [9.17, 15) is 0 Å². The zero-order valence-corrected chi connectivity index (χ0v) is 14.5. The molecule has 3 rings (SSSR count). The molecule has 0 radical (unpaired) electrons. The molecule has 0 atom stereocenters. The summed E-state index contributed by atoms with van der Waals surface area (Å²) >= 11 is 0. The number of benzene rings is 3. The minimum absolute atomic E-state index is 1.02. The van der Waals surface area contributed by atoms with Gasteiger partial charge in [-0.05, 0) is 64.3 Å². The highest BCUT2D eigenvalue weighted by atomic mass is 14.1. The Hall–Kier alpha value is -2.08. The highest BCUT2D eigenvalue weighted by molar-refractivity contribution is 5.89. The van der Waals surface area contributed by atoms with E-state index in [1.165, 1.54) is 38.6 Å². The fourth-order valence-electron chi connectivity index (χ4n) is 3.57. The van der Waals surface area contributed by atoms with Crippen LogP contribution in [-0.2, 0) is 25.7 Å². The monoisotopic (exact) mass is 302 g/mol. The molecule has 3 aromatic carbocycles. The lowest BCUT2D eigenvalue weighted by molar-refractivity contribution is 1.02. The third-order valence-corrected chi connectivity index (χ3v) is 4.91. The molecule has 0 bridgehead atoms. The molecule has 0 heteroatoms. The molecule has 0 aromatic heterocycles. The summed E-state index contributed by atoms with van der Waals surface area (Å²) in [6.45, 7) is 6.73. The quantitative estimate of drug-likeness (QED) is 0.533. The van der Waals surface area contributed by atoms with Crippen molar-refractivity contribution in [2.75, 3.05) is 0 Å². The zero-order chi connectivity index (χ0) is 16.2. The SMILES string of the molecule is CCc1ccc(Cc2ccc(CC)c3ccccc23)cc1CC. The highest BCUT2D eigenvalue weighted by Gasteiger charge is 2.07. The van der Waals surface area contributed by atoms with Gasteiger partial charge in [-0.25, -0.2) is 0 Å². The summed E-state index contributed by atoms with van der Waals surface area (Å²) < 4.78 is 0. The van der Waals surface area contributed by atoms with E-state index in [2.05, 4.69) is 75.4 Å². The van der Waals surface area contributed by atoms with Crippen molar-refractivity contribution in [3.05, 3.63) is 82.4 Å². The minimum atomic E-state index is 1.02. The van der Waals surface area contributed by atoms with Crippen molar-refractivity contribution in [3.63, 3.8) is 0 Å². The van der Waals surface area contributed by atoms with Crippen molar-refractivity contribution >= 4 is 10.8 Å². The minimum Gasteiger partial charge on any atom is -0.0616 e. The van der Waals surface area contributed by atoms with Crippen LogP contribution in [0.1, 0.15) is 48.6 Å². The number of hydrogen-bond acceptors (Lipinski definition) is 0. The van der Waals surface area contributed by atoms with Gasteiger partial charge in [0.05, 0.1) is 0 Å². The van der Waals surface area contributed by atoms with Gasteiger partial charge in [0.25, 0.3) is 0 Å². The van der Waals surface area contributed by atoms with Crippen molar-refractivity contribution in [1.29, 1.82) is 0 Å². The van der Waals surface area contributed by atoms with Crippen molar-refractivity contribution < 1.29 is 0 Å². The Labute approximate surface area is 140 Å². The Morgan fingerprint density at radius 3 is 1.78 bits per heavy atom. The first kappa shape index (κ1) is 15.8. The lowest BCUT2D eigenvalue weighted by atomic mass is 9.92. The second-order valence-electron chi connectivity index (χ2n) is 6.27. The molecule has 0 saturated carbocycles. The van der Waals surface area contributed by atoms with E-state index < -0.39 is 0 Å². The maximum atomic E-state index is 2.40. The van der Waals surface area contributed by atoms with Crippen molar-refractivity contribution in [3.8, 4) is 0 Å². The fourth-order valence-corrected chi connectivity index (χ4v) is 3.57. The Kier molecular flexibility index (Phi) is 4.81. The van der Waals surface area contributed by atoms with Gasteiger partial charge in [-0.3, -0.25) is 0 Å². The summed E-state index contributed by atoms with van der Waals surface area (Å²) in [6, 6.07) is 20.5. The average molecular weight is 302 g/mol. The van der Waals surface area contributed by atoms with Gasteiger partial charge in [0.2, 0.25) is 0 Å². The summed E-state index contributed by atoms with van der Waals surface area (Å²) in [5, 5.41) is 2.82. The summed E-state index contributed by atoms with van der Waals surface area (Å²) in [7, 11) is 0. The molecule has 0 amide bonds. The van der Waals surface area contributed by atoms with E-state index in [4.69, 9.17) is 0 Å². The number of hydrogen-bond donors (Lipinski definition) is 0. The van der Waals surface area contributed by atoms with Crippen LogP contribution in [0.4, 0.5) is 0 Å². The van der Waals surface area contributed by atoms with Crippen LogP contribution in [0.5, 0.6) is 0 Å². The van der Waals surface area contributed by atoms with E-state index in [0.29, 0.717) is 0 Å². The van der Waals surface area contributed by atoms with Gasteiger partial charge in [-0.2, -0.15) is 0 Å². The molecule has 0 fully saturated rings. The van der Waals surface area contributed by atoms with Crippen LogP contribution in [0.2, 0.25) is 0 Å². The van der Waals surface area contributed by atoms with E-state index in [0.717, 1.165) is 25.7 Å². The summed E-state index contributed by atoms with van der Waals surface area (Å²) in [6.07, 6.45) is 4.34. The Morgan fingerprint density at radius 1 is 0.565 bits per heavy atom. The van der Waals surface area contributed by atoms with Crippen LogP contribution < -0.4 is 0 Å². The largest absolute Gasteiger partial charge is 0.0616 e. The van der Waals surface area contributed by atoms with Crippen molar-refractivity contribution in [1.82, 2.24) is 0 Å². The number of fused-ring (bicyclic) bond motifs is 1. The van der Waals surface area contributed by atoms with Crippen LogP contribution in [0, 0.1) is 0 Å². The standard InChI is InChI=1S/C23H26/c1-4-18-12-11-17(15-20(18)6-3)16-21-14-13-19(5-2)22-9-7-8-10-23(21)22/h7-15H,4-6,16H2,1-3H3. The Balaban J connectivity index is 2.02. The van der Waals surface area contributed by atoms with Crippen LogP contribution in [0.25, 0.3) is 10.8 Å². The van der Waals surface area contributed by atoms with Gasteiger partial charge < -0.3 is 0 Å². The molecule has 0 aliphatic carbocycles. The first-order valence-corrected chi connectivity index (χ1v) is 8.87. The Bertz CT molecular complexity index is 811. The topological polar surface area (TPSA) is 0 Å². The lowest BCUT2D eigenvalue weighted by Gasteiger charge is -2.12. The zero-order valence-electron chi connectivity index (χ0n) is 14.5. The van der Waals surface area contributed by atoms with Crippen LogP contribution in [0.15, 0.2) is 54.6 Å². The van der Waals surface area contributed by atoms with Gasteiger partial charge in [-0.1, -0.05) is 75.4 Å². The number of rotatable bonds is 5. The van der Waals surface area contributed by atoms with Gasteiger partial charge in [0, 0.05) is 0 Å². The molecule has 3 aromatic rings. The fraction of sp³-hybridized carbons (Fsp3) is 0.304. The smallest absolute Gasteiger partial charge is 0.00195 e. The molecular weight excluding hydrogens is 276 g/mol. The molecule has 0 spiro atoms. The third-order valence-electron chi connectivity index (χ3n) is 4.91. The molecule has 23 heavy (non-hydrogen) atoms. The highest BCUT2D eigenvalue weighted by Crippen LogP contribution is 2.26. The second kappa shape index (κ2) is 7.00. The molecule has 0 nitrogen and oxygen atoms in total. The summed E-state index contributed by atoms with van der Waals surface area (Å²) in [5.74, 6) is 0. The summed E-state index contributed by atoms with van der Waals surface area (Å²) in [5.41, 5.74) is 7.29. The predicted octanol–water partition coefficient (Wildman–Crippen LogP) is 6.12. The molecule has 0 aliphatic rings. The normalized spacial score (nSPS) is 11.1. The van der Waals surface area contributed by atoms with Gasteiger partial charge in [0.1, 0.15) is 0 Å². The maximum absolute atomic E-state index is 2.40. The van der Waals surface area contributed by atoms with Gasteiger partial charge in [-0.15, -0.1) is 0 Å². The third kappa shape index (κ3) is 3.17. The van der Waals surface area contributed by atoms with E-state index in [1.54, 1.807) is 0 Å². The molecule has 0 saturated heterocycles. The van der Waals surface area contributed by atoms with Crippen LogP contribution in [0.3, 0.4) is 0 Å². The molecule has 118 valence electrons. The maximum Gasteiger partial charge on any atom is -0.00195 e. The van der Waals surface area contributed by atoms with Gasteiger partial charge in [0.15, 0.2) is 0 Å². The first-order valence-electron chi connectivity index (χ1n) is 8.87. The molecule has 0 heterocycles. The molecule has 0 aliphatic heterocycles.